The number of benzene rings is 1. The molecular weight excluding hydrogens is 366 g/mol. The molecule has 1 unspecified atom stereocenters. The molecule has 0 radical (unpaired) electrons. The Kier molecular flexibility index (Phi) is 4.47. The Labute approximate surface area is 169 Å². The number of fused-ring (bicyclic) bond motifs is 1. The topological polar surface area (TPSA) is 72.3 Å². The third kappa shape index (κ3) is 3.46. The minimum Gasteiger partial charge on any atom is -0.373 e. The van der Waals surface area contributed by atoms with Crippen molar-refractivity contribution in [2.75, 3.05) is 25.0 Å². The van der Waals surface area contributed by atoms with Crippen molar-refractivity contribution >= 4 is 22.8 Å². The number of hydrogen-bond acceptors (Lipinski definition) is 5. The number of piperidine rings is 1. The van der Waals surface area contributed by atoms with E-state index in [1.54, 1.807) is 6.20 Å². The van der Waals surface area contributed by atoms with Gasteiger partial charge in [0.15, 0.2) is 0 Å². The van der Waals surface area contributed by atoms with Crippen molar-refractivity contribution in [2.45, 2.75) is 30.9 Å². The second kappa shape index (κ2) is 7.15. The number of carbonyl (C=O) groups excluding carboxylic acids is 1. The first kappa shape index (κ1) is 18.1. The number of likely N-dealkylation sites (tertiary alicyclic amines) is 1. The number of pyridine rings is 1. The quantitative estimate of drug-likeness (QED) is 0.743. The summed E-state index contributed by atoms with van der Waals surface area (Å²) in [5.41, 5.74) is 1.23. The Hall–Kier alpha value is -2.93. The zero-order valence-corrected chi connectivity index (χ0v) is 16.5. The van der Waals surface area contributed by atoms with Crippen molar-refractivity contribution in [3.63, 3.8) is 0 Å². The molecule has 1 amide bonds. The number of aryl methyl sites for hydroxylation is 1. The highest BCUT2D eigenvalue weighted by atomic mass is 16.5. The van der Waals surface area contributed by atoms with Gasteiger partial charge in [-0.15, -0.1) is 0 Å². The molecule has 1 atom stereocenters. The van der Waals surface area contributed by atoms with E-state index in [9.17, 15) is 4.79 Å². The van der Waals surface area contributed by atoms with E-state index in [0.717, 1.165) is 36.1 Å². The lowest BCUT2D eigenvalue weighted by atomic mass is 9.87. The second-order valence-corrected chi connectivity index (χ2v) is 8.08. The zero-order valence-electron chi connectivity index (χ0n) is 16.5. The molecule has 1 aromatic carbocycles. The second-order valence-electron chi connectivity index (χ2n) is 8.08. The van der Waals surface area contributed by atoms with Crippen LogP contribution in [0.2, 0.25) is 0 Å². The largest absolute Gasteiger partial charge is 0.373 e. The summed E-state index contributed by atoms with van der Waals surface area (Å²) in [7, 11) is 1.98. The van der Waals surface area contributed by atoms with Crippen molar-refractivity contribution in [3.05, 3.63) is 54.5 Å². The molecule has 29 heavy (non-hydrogen) atoms. The third-order valence-corrected chi connectivity index (χ3v) is 6.14. The predicted molar refractivity (Wildman–Crippen MR) is 111 cm³/mol. The molecule has 150 valence electrons. The number of aromatic nitrogens is 3. The summed E-state index contributed by atoms with van der Waals surface area (Å²) in [5.74, 6) is 0.872. The number of para-hydroxylation sites is 1. The van der Waals surface area contributed by atoms with Gasteiger partial charge in [0.05, 0.1) is 23.8 Å². The first-order valence-electron chi connectivity index (χ1n) is 10.1. The van der Waals surface area contributed by atoms with E-state index < -0.39 is 0 Å². The molecule has 2 aliphatic heterocycles. The van der Waals surface area contributed by atoms with Gasteiger partial charge >= 0.3 is 0 Å². The summed E-state index contributed by atoms with van der Waals surface area (Å²) in [6.45, 7) is 2.07. The summed E-state index contributed by atoms with van der Waals surface area (Å²) in [5, 5.41) is 4.52. The van der Waals surface area contributed by atoms with Gasteiger partial charge in [-0.1, -0.05) is 24.3 Å². The average Bonchev–Trinajstić information content (AvgIpc) is 3.34. The fraction of sp³-hybridized carbons (Fsp3) is 0.409. The standard InChI is InChI=1S/C22H25N5O2/c1-26-13-10-23-21(26)24-17-14-22(29-15-17)8-11-27(12-9-22)20(28)19-7-6-16-4-2-3-5-18(16)25-19/h2-7,10,13,17H,8-9,11-12,14-15H2,1H3,(H,23,24). The van der Waals surface area contributed by atoms with Crippen LogP contribution in [0.4, 0.5) is 5.95 Å². The molecule has 2 saturated heterocycles. The van der Waals surface area contributed by atoms with Gasteiger partial charge in [0, 0.05) is 37.9 Å². The highest BCUT2D eigenvalue weighted by Gasteiger charge is 2.43. The van der Waals surface area contributed by atoms with E-state index in [1.807, 2.05) is 59.1 Å². The lowest BCUT2D eigenvalue weighted by Gasteiger charge is -2.38. The number of rotatable bonds is 3. The van der Waals surface area contributed by atoms with Crippen LogP contribution in [0.25, 0.3) is 10.9 Å². The van der Waals surface area contributed by atoms with E-state index in [0.29, 0.717) is 25.4 Å². The van der Waals surface area contributed by atoms with Crippen LogP contribution in [0, 0.1) is 0 Å². The molecule has 2 aliphatic rings. The number of anilines is 1. The highest BCUT2D eigenvalue weighted by Crippen LogP contribution is 2.37. The highest BCUT2D eigenvalue weighted by molar-refractivity contribution is 5.95. The van der Waals surface area contributed by atoms with E-state index in [-0.39, 0.29) is 17.6 Å². The fourth-order valence-electron chi connectivity index (χ4n) is 4.44. The Morgan fingerprint density at radius 1 is 1.21 bits per heavy atom. The molecule has 5 rings (SSSR count). The van der Waals surface area contributed by atoms with Gasteiger partial charge in [0.2, 0.25) is 5.95 Å². The van der Waals surface area contributed by atoms with Gasteiger partial charge in [-0.25, -0.2) is 9.97 Å². The molecule has 7 nitrogen and oxygen atoms in total. The van der Waals surface area contributed by atoms with Gasteiger partial charge in [-0.3, -0.25) is 4.79 Å². The molecular formula is C22H25N5O2. The van der Waals surface area contributed by atoms with Crippen LogP contribution >= 0.6 is 0 Å². The number of ether oxygens (including phenoxy) is 1. The van der Waals surface area contributed by atoms with Gasteiger partial charge < -0.3 is 19.5 Å². The van der Waals surface area contributed by atoms with E-state index in [2.05, 4.69) is 15.3 Å². The molecule has 2 fully saturated rings. The number of amides is 1. The van der Waals surface area contributed by atoms with Crippen molar-refractivity contribution in [1.82, 2.24) is 19.4 Å². The molecule has 0 bridgehead atoms. The Morgan fingerprint density at radius 2 is 2.03 bits per heavy atom. The molecule has 0 saturated carbocycles. The predicted octanol–water partition coefficient (Wildman–Crippen LogP) is 2.84. The van der Waals surface area contributed by atoms with Crippen molar-refractivity contribution in [1.29, 1.82) is 0 Å². The number of imidazole rings is 1. The normalized spacial score (nSPS) is 21.0. The summed E-state index contributed by atoms with van der Waals surface area (Å²) >= 11 is 0. The van der Waals surface area contributed by atoms with Crippen LogP contribution in [0.3, 0.4) is 0 Å². The minimum atomic E-state index is -0.142. The number of nitrogens with one attached hydrogen (secondary N) is 1. The van der Waals surface area contributed by atoms with Gasteiger partial charge in [-0.2, -0.15) is 0 Å². The Morgan fingerprint density at radius 3 is 2.83 bits per heavy atom. The van der Waals surface area contributed by atoms with E-state index in [1.165, 1.54) is 0 Å². The first-order chi connectivity index (χ1) is 14.1. The molecule has 7 heteroatoms. The van der Waals surface area contributed by atoms with Crippen molar-refractivity contribution < 1.29 is 9.53 Å². The monoisotopic (exact) mass is 391 g/mol. The summed E-state index contributed by atoms with van der Waals surface area (Å²) < 4.78 is 8.20. The van der Waals surface area contributed by atoms with Crippen LogP contribution in [0.1, 0.15) is 29.8 Å². The van der Waals surface area contributed by atoms with Crippen molar-refractivity contribution in [3.8, 4) is 0 Å². The van der Waals surface area contributed by atoms with Gasteiger partial charge in [0.25, 0.3) is 5.91 Å². The Balaban J connectivity index is 1.22. The molecule has 4 heterocycles. The third-order valence-electron chi connectivity index (χ3n) is 6.14. The molecule has 3 aromatic rings. The van der Waals surface area contributed by atoms with Gasteiger partial charge in [-0.05, 0) is 31.4 Å². The Bertz CT molecular complexity index is 1040. The first-order valence-corrected chi connectivity index (χ1v) is 10.1. The van der Waals surface area contributed by atoms with E-state index in [4.69, 9.17) is 4.74 Å². The summed E-state index contributed by atoms with van der Waals surface area (Å²) in [6, 6.07) is 11.9. The maximum Gasteiger partial charge on any atom is 0.272 e. The van der Waals surface area contributed by atoms with Crippen LogP contribution in [0.15, 0.2) is 48.8 Å². The molecule has 1 spiro atoms. The van der Waals surface area contributed by atoms with Crippen LogP contribution in [-0.4, -0.2) is 56.7 Å². The van der Waals surface area contributed by atoms with Crippen molar-refractivity contribution in [2.24, 2.45) is 7.05 Å². The van der Waals surface area contributed by atoms with Gasteiger partial charge in [0.1, 0.15) is 5.69 Å². The number of nitrogens with zero attached hydrogens (tertiary/aromatic N) is 4. The summed E-state index contributed by atoms with van der Waals surface area (Å²) in [4.78, 5) is 23.8. The number of carbonyl (C=O) groups is 1. The molecule has 0 aliphatic carbocycles. The van der Waals surface area contributed by atoms with Crippen LogP contribution in [0.5, 0.6) is 0 Å². The summed E-state index contributed by atoms with van der Waals surface area (Å²) in [6.07, 6.45) is 6.36. The maximum atomic E-state index is 13.0. The lowest BCUT2D eigenvalue weighted by molar-refractivity contribution is -0.0388. The lowest BCUT2D eigenvalue weighted by Crippen LogP contribution is -2.47. The maximum absolute atomic E-state index is 13.0. The number of hydrogen-bond donors (Lipinski definition) is 1. The van der Waals surface area contributed by atoms with E-state index >= 15 is 0 Å². The minimum absolute atomic E-state index is 0.00582. The molecule has 2 aromatic heterocycles. The van der Waals surface area contributed by atoms with Crippen LogP contribution < -0.4 is 5.32 Å². The zero-order chi connectivity index (χ0) is 19.8. The fourth-order valence-corrected chi connectivity index (χ4v) is 4.44. The smallest absolute Gasteiger partial charge is 0.272 e. The SMILES string of the molecule is Cn1ccnc1NC1COC2(CCN(C(=O)c3ccc4ccccc4n3)CC2)C1. The van der Waals surface area contributed by atoms with Crippen LogP contribution in [-0.2, 0) is 11.8 Å². The average molecular weight is 391 g/mol. The molecule has 1 N–H and O–H groups in total.